The number of nitrogens with zero attached hydrogens (tertiary/aromatic N) is 8. The Labute approximate surface area is 443 Å². The zero-order valence-corrected chi connectivity index (χ0v) is 41.9. The van der Waals surface area contributed by atoms with Gasteiger partial charge in [-0.05, 0) is 156 Å². The second-order valence-electron chi connectivity index (χ2n) is 19.9. The molecule has 0 aliphatic heterocycles. The third-order valence-electron chi connectivity index (χ3n) is 15.8. The maximum absolute atomic E-state index is 5.07. The number of benzene rings is 8. The summed E-state index contributed by atoms with van der Waals surface area (Å²) in [6.45, 7) is 0. The van der Waals surface area contributed by atoms with Crippen molar-refractivity contribution < 1.29 is 0 Å². The maximum atomic E-state index is 5.07. The summed E-state index contributed by atoms with van der Waals surface area (Å²) in [5, 5.41) is 11.5. The molecule has 0 radical (unpaired) electrons. The highest BCUT2D eigenvalue weighted by Gasteiger charge is 2.22. The van der Waals surface area contributed by atoms with Gasteiger partial charge in [-0.25, -0.2) is 19.9 Å². The van der Waals surface area contributed by atoms with Crippen molar-refractivity contribution in [3.8, 4) is 45.0 Å². The monoisotopic (exact) mass is 1000 g/mol. The van der Waals surface area contributed by atoms with Gasteiger partial charge in [0.15, 0.2) is 0 Å². The summed E-state index contributed by atoms with van der Waals surface area (Å²) in [4.78, 5) is 20.0. The average molecular weight is 1000 g/mol. The van der Waals surface area contributed by atoms with Gasteiger partial charge < -0.3 is 0 Å². The molecule has 0 unspecified atom stereocenters. The van der Waals surface area contributed by atoms with Crippen molar-refractivity contribution in [1.82, 2.24) is 38.2 Å². The quantitative estimate of drug-likeness (QED) is 0.166. The average Bonchev–Trinajstić information content (AvgIpc) is 4.35. The minimum Gasteiger partial charge on any atom is -0.294 e. The van der Waals surface area contributed by atoms with Crippen molar-refractivity contribution in [2.75, 3.05) is 0 Å². The summed E-state index contributed by atoms with van der Waals surface area (Å²) in [5.74, 6) is 0. The summed E-state index contributed by atoms with van der Waals surface area (Å²) < 4.78 is 11.8. The van der Waals surface area contributed by atoms with Crippen LogP contribution in [-0.4, -0.2) is 38.2 Å². The minimum absolute atomic E-state index is 0.893. The first-order valence-electron chi connectivity index (χ1n) is 25.8. The SMILES string of the molecule is c1cc(-c2cccc(-n3c4ccc(-n5c6ccc(-n7c8ccc(-n9c%10ccccc%10c%10cccnc%109)cc8c8cccnc87)cc6c6cccnc65)cc4c4cccnc43)c2)cc(-c2cccc3c2sc2ccccc23)c1. The van der Waals surface area contributed by atoms with Crippen molar-refractivity contribution in [3.05, 3.63) is 243 Å². The van der Waals surface area contributed by atoms with E-state index in [0.29, 0.717) is 0 Å². The highest BCUT2D eigenvalue weighted by atomic mass is 32.1. The van der Waals surface area contributed by atoms with Crippen LogP contribution in [0.4, 0.5) is 0 Å². The van der Waals surface area contributed by atoms with E-state index in [0.717, 1.165) is 116 Å². The lowest BCUT2D eigenvalue weighted by Gasteiger charge is -2.12. The molecule has 8 nitrogen and oxygen atoms in total. The molecule has 0 N–H and O–H groups in total. The molecule has 0 atom stereocenters. The summed E-state index contributed by atoms with van der Waals surface area (Å²) in [7, 11) is 0. The number of hydrogen-bond donors (Lipinski definition) is 0. The van der Waals surface area contributed by atoms with Crippen molar-refractivity contribution in [3.63, 3.8) is 0 Å². The molecule has 358 valence electrons. The Kier molecular flexibility index (Phi) is 8.84. The summed E-state index contributed by atoms with van der Waals surface area (Å²) in [5.41, 5.74) is 16.9. The van der Waals surface area contributed by atoms with Gasteiger partial charge in [0.2, 0.25) is 0 Å². The van der Waals surface area contributed by atoms with Crippen LogP contribution in [0.2, 0.25) is 0 Å². The van der Waals surface area contributed by atoms with E-state index in [1.165, 1.54) is 36.7 Å². The first-order valence-corrected chi connectivity index (χ1v) is 26.7. The number of thiophene rings is 1. The highest BCUT2D eigenvalue weighted by molar-refractivity contribution is 7.26. The van der Waals surface area contributed by atoms with Gasteiger partial charge in [0, 0.05) is 111 Å². The fourth-order valence-corrected chi connectivity index (χ4v) is 13.7. The Morgan fingerprint density at radius 3 is 1.22 bits per heavy atom. The van der Waals surface area contributed by atoms with Gasteiger partial charge >= 0.3 is 0 Å². The van der Waals surface area contributed by atoms with Crippen molar-refractivity contribution in [2.24, 2.45) is 0 Å². The van der Waals surface area contributed by atoms with Crippen LogP contribution in [0.25, 0.3) is 153 Å². The summed E-state index contributed by atoms with van der Waals surface area (Å²) in [6.07, 6.45) is 7.54. The third kappa shape index (κ3) is 6.14. The molecule has 0 aliphatic rings. The van der Waals surface area contributed by atoms with Crippen LogP contribution in [0.5, 0.6) is 0 Å². The normalized spacial score (nSPS) is 12.2. The molecule has 0 bridgehead atoms. The van der Waals surface area contributed by atoms with Crippen LogP contribution in [-0.2, 0) is 0 Å². The van der Waals surface area contributed by atoms with Gasteiger partial charge in [0.1, 0.15) is 22.6 Å². The lowest BCUT2D eigenvalue weighted by molar-refractivity contribution is 1.12. The highest BCUT2D eigenvalue weighted by Crippen LogP contribution is 2.43. The van der Waals surface area contributed by atoms with E-state index in [1.807, 2.05) is 60.4 Å². The fourth-order valence-electron chi connectivity index (χ4n) is 12.4. The number of rotatable bonds is 6. The van der Waals surface area contributed by atoms with E-state index in [4.69, 9.17) is 19.9 Å². The van der Waals surface area contributed by atoms with Gasteiger partial charge in [-0.1, -0.05) is 84.9 Å². The van der Waals surface area contributed by atoms with Crippen LogP contribution < -0.4 is 0 Å². The smallest absolute Gasteiger partial charge is 0.145 e. The minimum atomic E-state index is 0.893. The van der Waals surface area contributed by atoms with Gasteiger partial charge in [-0.2, -0.15) is 0 Å². The van der Waals surface area contributed by atoms with Crippen molar-refractivity contribution in [2.45, 2.75) is 0 Å². The van der Waals surface area contributed by atoms with Gasteiger partial charge in [0.25, 0.3) is 0 Å². The molecule has 0 fully saturated rings. The van der Waals surface area contributed by atoms with Crippen LogP contribution in [0.1, 0.15) is 0 Å². The molecule has 0 saturated carbocycles. The number of para-hydroxylation sites is 1. The van der Waals surface area contributed by atoms with E-state index in [2.05, 4.69) is 212 Å². The third-order valence-corrected chi connectivity index (χ3v) is 17.0. The number of pyridine rings is 4. The molecule has 0 amide bonds. The second kappa shape index (κ2) is 16.1. The lowest BCUT2D eigenvalue weighted by atomic mass is 9.97. The van der Waals surface area contributed by atoms with Crippen molar-refractivity contribution >= 4 is 119 Å². The Hall–Kier alpha value is -10.2. The molecule has 17 aromatic rings. The zero-order chi connectivity index (χ0) is 50.3. The second-order valence-corrected chi connectivity index (χ2v) is 20.9. The molecule has 0 saturated heterocycles. The number of fused-ring (bicyclic) bond motifs is 15. The lowest BCUT2D eigenvalue weighted by Crippen LogP contribution is -1.98. The number of aromatic nitrogens is 8. The Bertz CT molecular complexity index is 5270. The molecule has 17 rings (SSSR count). The van der Waals surface area contributed by atoms with E-state index in [9.17, 15) is 0 Å². The first kappa shape index (κ1) is 42.2. The van der Waals surface area contributed by atoms with Crippen LogP contribution in [0.3, 0.4) is 0 Å². The molecular formula is C68H40N8S. The van der Waals surface area contributed by atoms with Crippen molar-refractivity contribution in [1.29, 1.82) is 0 Å². The molecular weight excluding hydrogens is 961 g/mol. The van der Waals surface area contributed by atoms with E-state index >= 15 is 0 Å². The predicted octanol–water partition coefficient (Wildman–Crippen LogP) is 17.4. The zero-order valence-electron chi connectivity index (χ0n) is 41.1. The first-order chi connectivity index (χ1) is 38.2. The van der Waals surface area contributed by atoms with E-state index < -0.39 is 0 Å². The molecule has 8 aromatic carbocycles. The van der Waals surface area contributed by atoms with E-state index in [-0.39, 0.29) is 0 Å². The molecule has 0 aliphatic carbocycles. The van der Waals surface area contributed by atoms with Gasteiger partial charge in [-0.3, -0.25) is 18.3 Å². The van der Waals surface area contributed by atoms with Gasteiger partial charge in [-0.15, -0.1) is 11.3 Å². The van der Waals surface area contributed by atoms with Crippen LogP contribution in [0, 0.1) is 0 Å². The molecule has 9 heteroatoms. The number of hydrogen-bond acceptors (Lipinski definition) is 5. The Morgan fingerprint density at radius 2 is 0.662 bits per heavy atom. The van der Waals surface area contributed by atoms with Crippen LogP contribution >= 0.6 is 11.3 Å². The van der Waals surface area contributed by atoms with Crippen LogP contribution in [0.15, 0.2) is 243 Å². The summed E-state index contributed by atoms with van der Waals surface area (Å²) in [6, 6.07) is 78.8. The molecule has 0 spiro atoms. The topological polar surface area (TPSA) is 71.3 Å². The maximum Gasteiger partial charge on any atom is 0.145 e. The molecule has 9 aromatic heterocycles. The molecule has 9 heterocycles. The Morgan fingerprint density at radius 1 is 0.260 bits per heavy atom. The Balaban J connectivity index is 0.781. The molecule has 77 heavy (non-hydrogen) atoms. The predicted molar refractivity (Wildman–Crippen MR) is 319 cm³/mol. The van der Waals surface area contributed by atoms with Gasteiger partial charge in [0.05, 0.1) is 22.1 Å². The van der Waals surface area contributed by atoms with E-state index in [1.54, 1.807) is 0 Å². The largest absolute Gasteiger partial charge is 0.294 e. The standard InChI is InChI=1S/C68H40N8S/c1-3-24-59-49(16-1)52-20-8-32-69-65(52)74(59)45-26-30-61-57(38-45)54-22-10-34-71-67(54)76(61)47-28-31-62-58(40-47)55-23-11-35-72-68(55)75(62)46-27-29-60-56(39-46)53-21-9-33-70-66(53)73(60)44-15-6-13-42(37-44)41-12-5-14-43(36-41)48-18-7-19-51-50-17-2-4-25-63(50)77-64(48)51/h1-40H. The fraction of sp³-hybridized carbons (Fsp3) is 0. The summed E-state index contributed by atoms with van der Waals surface area (Å²) >= 11 is 1.87.